The van der Waals surface area contributed by atoms with E-state index in [1.54, 1.807) is 19.2 Å². The number of aromatic carboxylic acids is 1. The number of ether oxygens (including phenoxy) is 1. The number of carbonyl (C=O) groups is 2. The van der Waals surface area contributed by atoms with Gasteiger partial charge in [0.1, 0.15) is 5.00 Å². The Hall–Kier alpha value is -2.42. The van der Waals surface area contributed by atoms with Crippen LogP contribution in [0.4, 0.5) is 10.7 Å². The zero-order chi connectivity index (χ0) is 23.7. The summed E-state index contributed by atoms with van der Waals surface area (Å²) < 4.78 is 5.27. The third-order valence-electron chi connectivity index (χ3n) is 5.11. The van der Waals surface area contributed by atoms with E-state index in [1.807, 2.05) is 31.4 Å². The molecule has 2 heterocycles. The van der Waals surface area contributed by atoms with Crippen LogP contribution in [0.1, 0.15) is 54.0 Å². The number of methoxy groups -OCH3 is 1. The zero-order valence-electron chi connectivity index (χ0n) is 19.6. The van der Waals surface area contributed by atoms with E-state index < -0.39 is 5.97 Å². The lowest BCUT2D eigenvalue weighted by atomic mass is 10.0. The van der Waals surface area contributed by atoms with Gasteiger partial charge >= 0.3 is 5.97 Å². The third-order valence-corrected chi connectivity index (χ3v) is 6.06. The first-order chi connectivity index (χ1) is 15.3. The van der Waals surface area contributed by atoms with Gasteiger partial charge in [-0.15, -0.1) is 11.3 Å². The first-order valence-corrected chi connectivity index (χ1v) is 11.9. The second-order valence-electron chi connectivity index (χ2n) is 8.09. The Labute approximate surface area is 194 Å². The van der Waals surface area contributed by atoms with Crippen molar-refractivity contribution in [2.75, 3.05) is 43.5 Å². The molecule has 1 saturated heterocycles. The topological polar surface area (TPSA) is 90.9 Å². The lowest BCUT2D eigenvalue weighted by molar-refractivity contribution is 0.0697. The number of thiophene rings is 1. The number of carboxylic acid groups (broad SMARTS) is 1. The highest BCUT2D eigenvalue weighted by Gasteiger charge is 2.26. The summed E-state index contributed by atoms with van der Waals surface area (Å²) in [6, 6.07) is 7.32. The van der Waals surface area contributed by atoms with Crippen molar-refractivity contribution in [3.8, 4) is 0 Å². The molecule has 32 heavy (non-hydrogen) atoms. The number of hydrogen-bond donors (Lipinski definition) is 3. The first kappa shape index (κ1) is 25.8. The van der Waals surface area contributed by atoms with E-state index >= 15 is 0 Å². The van der Waals surface area contributed by atoms with Gasteiger partial charge in [0.05, 0.1) is 11.7 Å². The maximum atomic E-state index is 12.6. The summed E-state index contributed by atoms with van der Waals surface area (Å²) in [4.78, 5) is 26.4. The molecule has 3 rings (SSSR count). The lowest BCUT2D eigenvalue weighted by Crippen LogP contribution is -2.51. The van der Waals surface area contributed by atoms with Crippen molar-refractivity contribution in [3.63, 3.8) is 0 Å². The van der Waals surface area contributed by atoms with E-state index in [1.165, 1.54) is 11.3 Å². The minimum Gasteiger partial charge on any atom is -0.478 e. The molecule has 1 fully saturated rings. The molecule has 1 aromatic carbocycles. The van der Waals surface area contributed by atoms with Crippen LogP contribution in [0, 0.1) is 5.92 Å². The van der Waals surface area contributed by atoms with E-state index in [9.17, 15) is 14.7 Å². The molecular formula is C24H35N3O4S. The molecule has 2 aromatic rings. The number of rotatable bonds is 9. The van der Waals surface area contributed by atoms with Crippen molar-refractivity contribution in [1.29, 1.82) is 0 Å². The number of anilines is 2. The Bertz CT molecular complexity index is 872. The van der Waals surface area contributed by atoms with Crippen LogP contribution in [0.3, 0.4) is 0 Å². The summed E-state index contributed by atoms with van der Waals surface area (Å²) >= 11 is 1.26. The van der Waals surface area contributed by atoms with E-state index in [-0.39, 0.29) is 17.6 Å². The SMILES string of the molecule is CCNCC.COC1CN(c2ccc(C(=O)Nc3scc(CC(C)C)c3C(=O)O)cc2)C1. The van der Waals surface area contributed by atoms with E-state index in [0.717, 1.165) is 37.4 Å². The number of hydrogen-bond acceptors (Lipinski definition) is 6. The van der Waals surface area contributed by atoms with Gasteiger partial charge in [0.15, 0.2) is 0 Å². The summed E-state index contributed by atoms with van der Waals surface area (Å²) in [5.41, 5.74) is 2.50. The van der Waals surface area contributed by atoms with Gasteiger partial charge in [-0.05, 0) is 60.6 Å². The van der Waals surface area contributed by atoms with E-state index in [2.05, 4.69) is 29.4 Å². The largest absolute Gasteiger partial charge is 0.478 e. The molecule has 0 bridgehead atoms. The number of carboxylic acids is 1. The maximum Gasteiger partial charge on any atom is 0.338 e. The number of nitrogens with zero attached hydrogens (tertiary/aromatic N) is 1. The minimum atomic E-state index is -1.01. The summed E-state index contributed by atoms with van der Waals surface area (Å²) in [5.74, 6) is -0.976. The molecule has 0 radical (unpaired) electrons. The van der Waals surface area contributed by atoms with Crippen LogP contribution in [-0.2, 0) is 11.2 Å². The van der Waals surface area contributed by atoms with Crippen LogP contribution in [-0.4, -0.2) is 56.4 Å². The molecule has 0 saturated carbocycles. The second-order valence-corrected chi connectivity index (χ2v) is 8.97. The van der Waals surface area contributed by atoms with Crippen LogP contribution in [0.15, 0.2) is 29.6 Å². The van der Waals surface area contributed by atoms with E-state index in [0.29, 0.717) is 22.9 Å². The van der Waals surface area contributed by atoms with Gasteiger partial charge in [-0.1, -0.05) is 27.7 Å². The number of nitrogens with one attached hydrogen (secondary N) is 2. The third kappa shape index (κ3) is 7.05. The number of benzene rings is 1. The fourth-order valence-electron chi connectivity index (χ4n) is 3.36. The van der Waals surface area contributed by atoms with Crippen molar-refractivity contribution in [2.24, 2.45) is 5.92 Å². The van der Waals surface area contributed by atoms with Crippen molar-refractivity contribution in [2.45, 2.75) is 40.2 Å². The van der Waals surface area contributed by atoms with Crippen LogP contribution in [0.5, 0.6) is 0 Å². The van der Waals surface area contributed by atoms with Gasteiger partial charge in [-0.3, -0.25) is 4.79 Å². The van der Waals surface area contributed by atoms with Crippen molar-refractivity contribution < 1.29 is 19.4 Å². The number of carbonyl (C=O) groups excluding carboxylic acids is 1. The van der Waals surface area contributed by atoms with E-state index in [4.69, 9.17) is 4.74 Å². The second kappa shape index (κ2) is 12.6. The highest BCUT2D eigenvalue weighted by molar-refractivity contribution is 7.15. The van der Waals surface area contributed by atoms with Crippen molar-refractivity contribution >= 4 is 33.9 Å². The van der Waals surface area contributed by atoms with Crippen molar-refractivity contribution in [1.82, 2.24) is 5.32 Å². The van der Waals surface area contributed by atoms with Crippen LogP contribution in [0.2, 0.25) is 0 Å². The van der Waals surface area contributed by atoms with Gasteiger partial charge in [0.2, 0.25) is 0 Å². The Morgan fingerprint density at radius 3 is 2.28 bits per heavy atom. The average Bonchev–Trinajstić information content (AvgIpc) is 3.10. The molecule has 1 aliphatic heterocycles. The molecule has 0 spiro atoms. The molecule has 1 amide bonds. The molecular weight excluding hydrogens is 426 g/mol. The summed E-state index contributed by atoms with van der Waals surface area (Å²) in [5, 5.41) is 17.6. The molecule has 176 valence electrons. The predicted molar refractivity (Wildman–Crippen MR) is 131 cm³/mol. The fraction of sp³-hybridized carbons (Fsp3) is 0.500. The molecule has 7 nitrogen and oxygen atoms in total. The minimum absolute atomic E-state index is 0.199. The van der Waals surface area contributed by atoms with Gasteiger partial charge in [0, 0.05) is 31.5 Å². The van der Waals surface area contributed by atoms with Gasteiger partial charge < -0.3 is 25.4 Å². The monoisotopic (exact) mass is 461 g/mol. The normalized spacial score (nSPS) is 13.4. The van der Waals surface area contributed by atoms with Gasteiger partial charge in [0.25, 0.3) is 5.91 Å². The molecule has 3 N–H and O–H groups in total. The summed E-state index contributed by atoms with van der Waals surface area (Å²) in [6.07, 6.45) is 0.933. The molecule has 8 heteroatoms. The Morgan fingerprint density at radius 2 is 1.81 bits per heavy atom. The summed E-state index contributed by atoms with van der Waals surface area (Å²) in [7, 11) is 1.71. The molecule has 0 aliphatic carbocycles. The standard InChI is InChI=1S/C20H24N2O4S.C4H11N/c1-12(2)8-14-11-27-19(17(14)20(24)25)21-18(23)13-4-6-15(7-5-13)22-9-16(10-22)26-3;1-3-5-4-2/h4-7,11-12,16H,8-10H2,1-3H3,(H,21,23)(H,24,25);5H,3-4H2,1-2H3. The van der Waals surface area contributed by atoms with Gasteiger partial charge in [-0.25, -0.2) is 4.79 Å². The van der Waals surface area contributed by atoms with Gasteiger partial charge in [-0.2, -0.15) is 0 Å². The Kier molecular flexibility index (Phi) is 10.2. The quantitative estimate of drug-likeness (QED) is 0.514. The maximum absolute atomic E-state index is 12.6. The Balaban J connectivity index is 0.000000654. The highest BCUT2D eigenvalue weighted by atomic mass is 32.1. The molecule has 0 atom stereocenters. The zero-order valence-corrected chi connectivity index (χ0v) is 20.4. The smallest absolute Gasteiger partial charge is 0.338 e. The first-order valence-electron chi connectivity index (χ1n) is 11.0. The van der Waals surface area contributed by atoms with Crippen LogP contribution in [0.25, 0.3) is 0 Å². The fourth-order valence-corrected chi connectivity index (χ4v) is 4.32. The highest BCUT2D eigenvalue weighted by Crippen LogP contribution is 2.31. The average molecular weight is 462 g/mol. The van der Waals surface area contributed by atoms with Crippen molar-refractivity contribution in [3.05, 3.63) is 46.3 Å². The Morgan fingerprint density at radius 1 is 1.19 bits per heavy atom. The molecule has 1 aliphatic rings. The van der Waals surface area contributed by atoms with Crippen LogP contribution >= 0.6 is 11.3 Å². The lowest BCUT2D eigenvalue weighted by Gasteiger charge is -2.40. The number of amides is 1. The summed E-state index contributed by atoms with van der Waals surface area (Å²) in [6.45, 7) is 12.2. The predicted octanol–water partition coefficient (Wildman–Crippen LogP) is 4.35. The molecule has 1 aromatic heterocycles. The van der Waals surface area contributed by atoms with Crippen LogP contribution < -0.4 is 15.5 Å². The molecule has 0 unspecified atom stereocenters.